The van der Waals surface area contributed by atoms with Gasteiger partial charge in [0.1, 0.15) is 5.01 Å². The topological polar surface area (TPSA) is 32.3 Å². The number of aromatic nitrogens is 2. The van der Waals surface area contributed by atoms with Gasteiger partial charge in [-0.2, -0.15) is 0 Å². The minimum absolute atomic E-state index is 0.732. The molecule has 0 aromatic carbocycles. The summed E-state index contributed by atoms with van der Waals surface area (Å²) in [6.07, 6.45) is 8.25. The van der Waals surface area contributed by atoms with E-state index in [-0.39, 0.29) is 0 Å². The Labute approximate surface area is 119 Å². The molecule has 1 aromatic rings. The fraction of sp³-hybridized carbons (Fsp3) is 0.857. The van der Waals surface area contributed by atoms with Gasteiger partial charge in [0.05, 0.1) is 0 Å². The van der Waals surface area contributed by atoms with E-state index in [4.69, 9.17) is 0 Å². The molecule has 1 aromatic heterocycles. The maximum Gasteiger partial charge on any atom is 0.208 e. The quantitative estimate of drug-likeness (QED) is 0.834. The molecule has 0 N–H and O–H groups in total. The average Bonchev–Trinajstić information content (AvgIpc) is 2.71. The molecular weight excluding hydrogens is 256 g/mol. The Bertz CT molecular complexity index is 398. The molecule has 106 valence electrons. The third-order valence-electron chi connectivity index (χ3n) is 4.34. The van der Waals surface area contributed by atoms with Crippen molar-refractivity contribution >= 4 is 16.5 Å². The van der Waals surface area contributed by atoms with E-state index in [0.29, 0.717) is 0 Å². The molecule has 1 atom stereocenters. The van der Waals surface area contributed by atoms with Gasteiger partial charge in [-0.1, -0.05) is 24.2 Å². The molecule has 2 aliphatic rings. The summed E-state index contributed by atoms with van der Waals surface area (Å²) in [7, 11) is 0. The Balaban J connectivity index is 1.63. The van der Waals surface area contributed by atoms with Gasteiger partial charge in [0.25, 0.3) is 0 Å². The number of anilines is 1. The minimum atomic E-state index is 0.732. The number of nitrogens with zero attached hydrogens (tertiary/aromatic N) is 4. The van der Waals surface area contributed by atoms with Crippen molar-refractivity contribution in [1.82, 2.24) is 15.1 Å². The summed E-state index contributed by atoms with van der Waals surface area (Å²) in [4.78, 5) is 5.18. The van der Waals surface area contributed by atoms with Crippen molar-refractivity contribution < 1.29 is 0 Å². The van der Waals surface area contributed by atoms with Crippen LogP contribution >= 0.6 is 11.3 Å². The van der Waals surface area contributed by atoms with E-state index in [2.05, 4.69) is 20.0 Å². The maximum atomic E-state index is 4.31. The van der Waals surface area contributed by atoms with Crippen molar-refractivity contribution in [3.63, 3.8) is 0 Å². The summed E-state index contributed by atoms with van der Waals surface area (Å²) in [5.41, 5.74) is 0. The Morgan fingerprint density at radius 2 is 1.79 bits per heavy atom. The average molecular weight is 280 g/mol. The molecule has 0 amide bonds. The van der Waals surface area contributed by atoms with Crippen LogP contribution in [0.15, 0.2) is 0 Å². The second kappa shape index (κ2) is 6.18. The van der Waals surface area contributed by atoms with Crippen LogP contribution in [0.1, 0.15) is 43.5 Å². The Morgan fingerprint density at radius 3 is 2.47 bits per heavy atom. The maximum absolute atomic E-state index is 4.31. The molecule has 0 saturated carbocycles. The Hall–Kier alpha value is -0.680. The van der Waals surface area contributed by atoms with Crippen LogP contribution in [0.4, 0.5) is 5.13 Å². The molecule has 2 aliphatic heterocycles. The van der Waals surface area contributed by atoms with Crippen LogP contribution in [-0.2, 0) is 0 Å². The summed E-state index contributed by atoms with van der Waals surface area (Å²) in [6, 6.07) is 0.732. The summed E-state index contributed by atoms with van der Waals surface area (Å²) in [5, 5.41) is 10.7. The zero-order chi connectivity index (χ0) is 13.1. The SMILES string of the molecule is Cc1nnc(N2CCCC(N3CCCCCC3)C2)s1. The zero-order valence-corrected chi connectivity index (χ0v) is 12.7. The second-order valence-electron chi connectivity index (χ2n) is 5.80. The molecule has 2 fully saturated rings. The predicted octanol–water partition coefficient (Wildman–Crippen LogP) is 2.69. The molecule has 4 nitrogen and oxygen atoms in total. The lowest BCUT2D eigenvalue weighted by atomic mass is 10.0. The smallest absolute Gasteiger partial charge is 0.208 e. The van der Waals surface area contributed by atoms with Crippen molar-refractivity contribution in [2.24, 2.45) is 0 Å². The summed E-state index contributed by atoms with van der Waals surface area (Å²) < 4.78 is 0. The molecular formula is C14H24N4S. The van der Waals surface area contributed by atoms with E-state index < -0.39 is 0 Å². The number of hydrogen-bond donors (Lipinski definition) is 0. The summed E-state index contributed by atoms with van der Waals surface area (Å²) in [5.74, 6) is 0. The number of hydrogen-bond acceptors (Lipinski definition) is 5. The lowest BCUT2D eigenvalue weighted by Crippen LogP contribution is -2.48. The highest BCUT2D eigenvalue weighted by Gasteiger charge is 2.27. The molecule has 0 radical (unpaired) electrons. The van der Waals surface area contributed by atoms with Crippen LogP contribution in [0.2, 0.25) is 0 Å². The molecule has 19 heavy (non-hydrogen) atoms. The van der Waals surface area contributed by atoms with Gasteiger partial charge >= 0.3 is 0 Å². The summed E-state index contributed by atoms with van der Waals surface area (Å²) in [6.45, 7) is 6.94. The van der Waals surface area contributed by atoms with Crippen molar-refractivity contribution in [1.29, 1.82) is 0 Å². The molecule has 5 heteroatoms. The van der Waals surface area contributed by atoms with E-state index in [1.165, 1.54) is 51.6 Å². The monoisotopic (exact) mass is 280 g/mol. The van der Waals surface area contributed by atoms with Gasteiger partial charge in [-0.3, -0.25) is 4.90 Å². The lowest BCUT2D eigenvalue weighted by Gasteiger charge is -2.38. The molecule has 0 spiro atoms. The number of aryl methyl sites for hydroxylation is 1. The van der Waals surface area contributed by atoms with Gasteiger partial charge in [0, 0.05) is 19.1 Å². The predicted molar refractivity (Wildman–Crippen MR) is 79.9 cm³/mol. The van der Waals surface area contributed by atoms with Gasteiger partial charge in [-0.05, 0) is 45.7 Å². The van der Waals surface area contributed by atoms with Crippen LogP contribution < -0.4 is 4.90 Å². The van der Waals surface area contributed by atoms with Crippen LogP contribution in [0.25, 0.3) is 0 Å². The van der Waals surface area contributed by atoms with Gasteiger partial charge < -0.3 is 4.90 Å². The highest BCUT2D eigenvalue weighted by molar-refractivity contribution is 7.15. The number of piperidine rings is 1. The van der Waals surface area contributed by atoms with Gasteiger partial charge in [-0.25, -0.2) is 0 Å². The third-order valence-corrected chi connectivity index (χ3v) is 5.24. The number of likely N-dealkylation sites (tertiary alicyclic amines) is 1. The molecule has 3 heterocycles. The van der Waals surface area contributed by atoms with Crippen LogP contribution in [0.3, 0.4) is 0 Å². The second-order valence-corrected chi connectivity index (χ2v) is 6.96. The van der Waals surface area contributed by atoms with Crippen molar-refractivity contribution in [2.45, 2.75) is 51.5 Å². The van der Waals surface area contributed by atoms with E-state index >= 15 is 0 Å². The third kappa shape index (κ3) is 3.26. The minimum Gasteiger partial charge on any atom is -0.345 e. The fourth-order valence-corrected chi connectivity index (χ4v) is 4.02. The van der Waals surface area contributed by atoms with E-state index in [0.717, 1.165) is 29.3 Å². The standard InChI is InChI=1S/C14H24N4S/c1-12-15-16-14(19-12)18-10-6-7-13(11-18)17-8-4-2-3-5-9-17/h13H,2-11H2,1H3. The Kier molecular flexibility index (Phi) is 4.33. The summed E-state index contributed by atoms with van der Waals surface area (Å²) >= 11 is 1.73. The van der Waals surface area contributed by atoms with E-state index in [1.54, 1.807) is 11.3 Å². The molecule has 1 unspecified atom stereocenters. The molecule has 2 saturated heterocycles. The molecule has 3 rings (SSSR count). The first-order valence-electron chi connectivity index (χ1n) is 7.62. The highest BCUT2D eigenvalue weighted by atomic mass is 32.1. The van der Waals surface area contributed by atoms with Gasteiger partial charge in [-0.15, -0.1) is 10.2 Å². The molecule has 0 bridgehead atoms. The van der Waals surface area contributed by atoms with Gasteiger partial charge in [0.15, 0.2) is 0 Å². The first-order chi connectivity index (χ1) is 9.33. The highest BCUT2D eigenvalue weighted by Crippen LogP contribution is 2.26. The lowest BCUT2D eigenvalue weighted by molar-refractivity contribution is 0.182. The largest absolute Gasteiger partial charge is 0.345 e. The van der Waals surface area contributed by atoms with Crippen LogP contribution in [0, 0.1) is 6.92 Å². The number of rotatable bonds is 2. The fourth-order valence-electron chi connectivity index (χ4n) is 3.30. The van der Waals surface area contributed by atoms with E-state index in [9.17, 15) is 0 Å². The van der Waals surface area contributed by atoms with Crippen molar-refractivity contribution in [3.05, 3.63) is 5.01 Å². The first-order valence-corrected chi connectivity index (χ1v) is 8.44. The van der Waals surface area contributed by atoms with Crippen molar-refractivity contribution in [2.75, 3.05) is 31.1 Å². The normalized spacial score (nSPS) is 26.4. The van der Waals surface area contributed by atoms with Crippen molar-refractivity contribution in [3.8, 4) is 0 Å². The van der Waals surface area contributed by atoms with Crippen LogP contribution in [-0.4, -0.2) is 47.3 Å². The van der Waals surface area contributed by atoms with Gasteiger partial charge in [0.2, 0.25) is 5.13 Å². The van der Waals surface area contributed by atoms with E-state index in [1.807, 2.05) is 6.92 Å². The molecule has 0 aliphatic carbocycles. The first kappa shape index (κ1) is 13.3. The zero-order valence-electron chi connectivity index (χ0n) is 11.8. The van der Waals surface area contributed by atoms with Crippen LogP contribution in [0.5, 0.6) is 0 Å². The Morgan fingerprint density at radius 1 is 1.00 bits per heavy atom.